The Hall–Kier alpha value is -2.93. The zero-order chi connectivity index (χ0) is 20.1. The molecule has 1 unspecified atom stereocenters. The van der Waals surface area contributed by atoms with E-state index in [1.54, 1.807) is 28.4 Å². The molecule has 1 heterocycles. The Bertz CT molecular complexity index is 854. The first-order chi connectivity index (χ1) is 13.6. The third-order valence-corrected chi connectivity index (χ3v) is 4.81. The number of rotatable bonds is 8. The van der Waals surface area contributed by atoms with E-state index in [0.29, 0.717) is 11.5 Å². The van der Waals surface area contributed by atoms with E-state index in [1.807, 2.05) is 37.5 Å². The predicted molar refractivity (Wildman–Crippen MR) is 110 cm³/mol. The average Bonchev–Trinajstić information content (AvgIpc) is 2.75. The number of benzene rings is 2. The van der Waals surface area contributed by atoms with Gasteiger partial charge < -0.3 is 24.3 Å². The maximum Gasteiger partial charge on any atom is 0.176 e. The van der Waals surface area contributed by atoms with Crippen molar-refractivity contribution in [2.24, 2.45) is 4.99 Å². The van der Waals surface area contributed by atoms with Crippen molar-refractivity contribution in [2.75, 3.05) is 47.3 Å². The molecule has 1 aliphatic heterocycles. The summed E-state index contributed by atoms with van der Waals surface area (Å²) in [4.78, 5) is 6.78. The Kier molecular flexibility index (Phi) is 6.26. The van der Waals surface area contributed by atoms with Gasteiger partial charge in [0.15, 0.2) is 29.3 Å². The van der Waals surface area contributed by atoms with Crippen LogP contribution in [0.5, 0.6) is 23.0 Å². The minimum atomic E-state index is -0.147. The highest BCUT2D eigenvalue weighted by Gasteiger charge is 2.20. The monoisotopic (exact) mass is 385 g/mol. The van der Waals surface area contributed by atoms with Crippen LogP contribution >= 0.6 is 0 Å². The number of nitrogens with one attached hydrogen (secondary N) is 1. The zero-order valence-corrected chi connectivity index (χ0v) is 17.0. The summed E-state index contributed by atoms with van der Waals surface area (Å²) in [5, 5.41) is 3.45. The minimum Gasteiger partial charge on any atom is -0.493 e. The van der Waals surface area contributed by atoms with Crippen LogP contribution in [-0.2, 0) is 6.42 Å². The number of ether oxygens (including phenoxy) is 4. The summed E-state index contributed by atoms with van der Waals surface area (Å²) in [6.45, 7) is 0.827. The topological polar surface area (TPSA) is 64.6 Å². The molecule has 0 aromatic heterocycles. The highest BCUT2D eigenvalue weighted by molar-refractivity contribution is 5.91. The minimum absolute atomic E-state index is 0.147. The molecule has 0 fully saturated rings. The van der Waals surface area contributed by atoms with Gasteiger partial charge in [0.1, 0.15) is 0 Å². The summed E-state index contributed by atoms with van der Waals surface area (Å²) < 4.78 is 21.4. The lowest BCUT2D eigenvalue weighted by Gasteiger charge is -2.30. The van der Waals surface area contributed by atoms with E-state index in [2.05, 4.69) is 21.3 Å². The van der Waals surface area contributed by atoms with Gasteiger partial charge in [0, 0.05) is 30.1 Å². The lowest BCUT2D eigenvalue weighted by molar-refractivity contribution is 0.275. The van der Waals surface area contributed by atoms with E-state index >= 15 is 0 Å². The van der Waals surface area contributed by atoms with Gasteiger partial charge in [-0.2, -0.15) is 0 Å². The molecule has 2 aromatic rings. The largest absolute Gasteiger partial charge is 0.493 e. The summed E-state index contributed by atoms with van der Waals surface area (Å²) in [5.41, 5.74) is 3.12. The smallest absolute Gasteiger partial charge is 0.176 e. The summed E-state index contributed by atoms with van der Waals surface area (Å²) in [6.07, 6.45) is 2.58. The van der Waals surface area contributed by atoms with Crippen molar-refractivity contribution in [3.63, 3.8) is 0 Å². The highest BCUT2D eigenvalue weighted by atomic mass is 16.5. The van der Waals surface area contributed by atoms with Gasteiger partial charge in [-0.1, -0.05) is 6.07 Å². The fourth-order valence-electron chi connectivity index (χ4n) is 3.14. The van der Waals surface area contributed by atoms with Gasteiger partial charge in [0.25, 0.3) is 0 Å². The number of nitrogens with zero attached hydrogens (tertiary/aromatic N) is 2. The number of methoxy groups -OCH3 is 4. The third-order valence-electron chi connectivity index (χ3n) is 4.81. The molecule has 0 aliphatic carbocycles. The number of anilines is 1. The molecule has 2 aromatic carbocycles. The summed E-state index contributed by atoms with van der Waals surface area (Å²) >= 11 is 0. The molecule has 3 rings (SSSR count). The van der Waals surface area contributed by atoms with Crippen LogP contribution in [-0.4, -0.2) is 59.4 Å². The van der Waals surface area contributed by atoms with E-state index in [4.69, 9.17) is 18.9 Å². The zero-order valence-electron chi connectivity index (χ0n) is 17.0. The summed E-state index contributed by atoms with van der Waals surface area (Å²) in [6, 6.07) is 9.86. The molecular formula is C21H27N3O4. The number of likely N-dealkylation sites (N-methyl/N-ethyl adjacent to an activating group) is 1. The van der Waals surface area contributed by atoms with Gasteiger partial charge in [-0.05, 0) is 37.2 Å². The third kappa shape index (κ3) is 4.14. The maximum atomic E-state index is 5.40. The van der Waals surface area contributed by atoms with Crippen LogP contribution < -0.4 is 24.3 Å². The van der Waals surface area contributed by atoms with Crippen LogP contribution in [0, 0.1) is 0 Å². The second kappa shape index (κ2) is 8.84. The molecule has 150 valence electrons. The molecule has 0 spiro atoms. The summed E-state index contributed by atoms with van der Waals surface area (Å²) in [7, 11) is 8.59. The van der Waals surface area contributed by atoms with Crippen LogP contribution in [0.15, 0.2) is 35.3 Å². The van der Waals surface area contributed by atoms with E-state index in [0.717, 1.165) is 35.7 Å². The Morgan fingerprint density at radius 1 is 0.893 bits per heavy atom. The molecular weight excluding hydrogens is 358 g/mol. The lowest BCUT2D eigenvalue weighted by Crippen LogP contribution is -2.39. The van der Waals surface area contributed by atoms with Gasteiger partial charge in [0.2, 0.25) is 0 Å². The molecule has 0 saturated carbocycles. The molecule has 0 bridgehead atoms. The van der Waals surface area contributed by atoms with Crippen molar-refractivity contribution < 1.29 is 18.9 Å². The Labute approximate surface area is 165 Å². The fraction of sp³-hybridized carbons (Fsp3) is 0.381. The number of fused-ring (bicyclic) bond motifs is 1. The highest BCUT2D eigenvalue weighted by Crippen LogP contribution is 2.34. The molecule has 1 aliphatic rings. The van der Waals surface area contributed by atoms with Crippen molar-refractivity contribution in [2.45, 2.75) is 12.7 Å². The Balaban J connectivity index is 1.66. The molecule has 0 saturated heterocycles. The first-order valence-corrected chi connectivity index (χ1v) is 9.06. The second-order valence-corrected chi connectivity index (χ2v) is 6.51. The van der Waals surface area contributed by atoms with Gasteiger partial charge in [-0.25, -0.2) is 0 Å². The first kappa shape index (κ1) is 19.8. The fourth-order valence-corrected chi connectivity index (χ4v) is 3.14. The van der Waals surface area contributed by atoms with Crippen molar-refractivity contribution >= 4 is 11.9 Å². The second-order valence-electron chi connectivity index (χ2n) is 6.51. The van der Waals surface area contributed by atoms with Gasteiger partial charge in [-0.3, -0.25) is 9.89 Å². The van der Waals surface area contributed by atoms with Crippen molar-refractivity contribution in [3.8, 4) is 23.0 Å². The van der Waals surface area contributed by atoms with Crippen LogP contribution in [0.25, 0.3) is 0 Å². The molecule has 7 heteroatoms. The lowest BCUT2D eigenvalue weighted by atomic mass is 10.1. The first-order valence-electron chi connectivity index (χ1n) is 9.06. The Morgan fingerprint density at radius 3 is 2.21 bits per heavy atom. The van der Waals surface area contributed by atoms with E-state index in [9.17, 15) is 0 Å². The van der Waals surface area contributed by atoms with E-state index < -0.39 is 0 Å². The van der Waals surface area contributed by atoms with E-state index in [1.165, 1.54) is 5.56 Å². The molecule has 1 atom stereocenters. The van der Waals surface area contributed by atoms with Crippen molar-refractivity contribution in [1.29, 1.82) is 0 Å². The van der Waals surface area contributed by atoms with Gasteiger partial charge >= 0.3 is 0 Å². The number of hydrogen-bond donors (Lipinski definition) is 1. The molecule has 1 N–H and O–H groups in total. The SMILES string of the molecule is COc1ccc(CCN(C)C2N=Cc3cc(OC)c(OC)cc3N2)cc1OC. The van der Waals surface area contributed by atoms with E-state index in [-0.39, 0.29) is 6.29 Å². The van der Waals surface area contributed by atoms with Crippen LogP contribution in [0.1, 0.15) is 11.1 Å². The molecule has 0 radical (unpaired) electrons. The van der Waals surface area contributed by atoms with Gasteiger partial charge in [0.05, 0.1) is 28.4 Å². The van der Waals surface area contributed by atoms with Crippen LogP contribution in [0.4, 0.5) is 5.69 Å². The van der Waals surface area contributed by atoms with Crippen molar-refractivity contribution in [3.05, 3.63) is 41.5 Å². The predicted octanol–water partition coefficient (Wildman–Crippen LogP) is 3.02. The average molecular weight is 385 g/mol. The van der Waals surface area contributed by atoms with Crippen molar-refractivity contribution in [1.82, 2.24) is 4.90 Å². The number of aliphatic imine (C=N–C) groups is 1. The van der Waals surface area contributed by atoms with Gasteiger partial charge in [-0.15, -0.1) is 0 Å². The Morgan fingerprint density at radius 2 is 1.54 bits per heavy atom. The van der Waals surface area contributed by atoms with Crippen LogP contribution in [0.3, 0.4) is 0 Å². The maximum absolute atomic E-state index is 5.40. The molecule has 0 amide bonds. The standard InChI is InChI=1S/C21H27N3O4/c1-24(9-8-14-6-7-17(25-2)18(10-14)26-3)21-22-13-15-11-19(27-4)20(28-5)12-16(15)23-21/h6-7,10-13,21,23H,8-9H2,1-5H3. The molecule has 28 heavy (non-hydrogen) atoms. The number of hydrogen-bond acceptors (Lipinski definition) is 7. The summed E-state index contributed by atoms with van der Waals surface area (Å²) in [5.74, 6) is 2.86. The molecule has 7 nitrogen and oxygen atoms in total. The quantitative estimate of drug-likeness (QED) is 0.754. The normalized spacial score (nSPS) is 15.0. The van der Waals surface area contributed by atoms with Crippen LogP contribution in [0.2, 0.25) is 0 Å².